The van der Waals surface area contributed by atoms with Gasteiger partial charge in [-0.05, 0) is 26.0 Å². The summed E-state index contributed by atoms with van der Waals surface area (Å²) in [5, 5.41) is 0. The number of fused-ring (bicyclic) bond motifs is 3. The zero-order valence-corrected chi connectivity index (χ0v) is 9.14. The SMILES string of the molecule is CC(C)N1CCn2c1nc1ccccc12. The van der Waals surface area contributed by atoms with Gasteiger partial charge in [0.25, 0.3) is 0 Å². The van der Waals surface area contributed by atoms with Gasteiger partial charge < -0.3 is 9.47 Å². The van der Waals surface area contributed by atoms with Crippen LogP contribution in [-0.2, 0) is 6.54 Å². The van der Waals surface area contributed by atoms with Crippen LogP contribution in [0.25, 0.3) is 11.0 Å². The van der Waals surface area contributed by atoms with Crippen molar-refractivity contribution in [2.75, 3.05) is 11.4 Å². The van der Waals surface area contributed by atoms with E-state index in [0.29, 0.717) is 6.04 Å². The number of aromatic nitrogens is 2. The maximum atomic E-state index is 4.68. The van der Waals surface area contributed by atoms with E-state index < -0.39 is 0 Å². The maximum Gasteiger partial charge on any atom is 0.206 e. The molecular formula is C12H15N3. The average Bonchev–Trinajstić information content (AvgIpc) is 2.74. The van der Waals surface area contributed by atoms with Gasteiger partial charge in [-0.3, -0.25) is 0 Å². The van der Waals surface area contributed by atoms with Crippen molar-refractivity contribution < 1.29 is 0 Å². The highest BCUT2D eigenvalue weighted by Crippen LogP contribution is 2.28. The first-order chi connectivity index (χ1) is 7.27. The van der Waals surface area contributed by atoms with Crippen molar-refractivity contribution in [1.82, 2.24) is 9.55 Å². The maximum absolute atomic E-state index is 4.68. The van der Waals surface area contributed by atoms with Gasteiger partial charge in [0.2, 0.25) is 5.95 Å². The molecule has 0 fully saturated rings. The fraction of sp³-hybridized carbons (Fsp3) is 0.417. The summed E-state index contributed by atoms with van der Waals surface area (Å²) in [6.07, 6.45) is 0. The molecule has 0 unspecified atom stereocenters. The van der Waals surface area contributed by atoms with Crippen LogP contribution < -0.4 is 4.90 Å². The first-order valence-corrected chi connectivity index (χ1v) is 5.49. The molecule has 3 nitrogen and oxygen atoms in total. The van der Waals surface area contributed by atoms with Crippen LogP contribution in [-0.4, -0.2) is 22.1 Å². The highest BCUT2D eigenvalue weighted by atomic mass is 15.4. The molecule has 0 spiro atoms. The van der Waals surface area contributed by atoms with Gasteiger partial charge >= 0.3 is 0 Å². The van der Waals surface area contributed by atoms with Gasteiger partial charge in [-0.2, -0.15) is 0 Å². The number of para-hydroxylation sites is 2. The summed E-state index contributed by atoms with van der Waals surface area (Å²) in [6.45, 7) is 6.59. The van der Waals surface area contributed by atoms with Crippen molar-refractivity contribution in [3.8, 4) is 0 Å². The summed E-state index contributed by atoms with van der Waals surface area (Å²) in [5.41, 5.74) is 2.37. The molecule has 3 rings (SSSR count). The molecular weight excluding hydrogens is 186 g/mol. The molecule has 0 amide bonds. The Hall–Kier alpha value is -1.51. The zero-order chi connectivity index (χ0) is 10.4. The van der Waals surface area contributed by atoms with Crippen molar-refractivity contribution in [2.45, 2.75) is 26.4 Å². The van der Waals surface area contributed by atoms with Gasteiger partial charge in [-0.15, -0.1) is 0 Å². The number of nitrogens with zero attached hydrogens (tertiary/aromatic N) is 3. The number of hydrogen-bond donors (Lipinski definition) is 0. The minimum absolute atomic E-state index is 0.531. The number of hydrogen-bond acceptors (Lipinski definition) is 2. The highest BCUT2D eigenvalue weighted by molar-refractivity contribution is 5.79. The van der Waals surface area contributed by atoms with Crippen LogP contribution in [0.5, 0.6) is 0 Å². The molecule has 0 saturated carbocycles. The summed E-state index contributed by atoms with van der Waals surface area (Å²) in [5.74, 6) is 1.13. The fourth-order valence-electron chi connectivity index (χ4n) is 2.30. The van der Waals surface area contributed by atoms with Gasteiger partial charge in [0.15, 0.2) is 0 Å². The smallest absolute Gasteiger partial charge is 0.206 e. The van der Waals surface area contributed by atoms with Crippen molar-refractivity contribution in [3.05, 3.63) is 24.3 Å². The Morgan fingerprint density at radius 2 is 2.00 bits per heavy atom. The van der Waals surface area contributed by atoms with Crippen LogP contribution in [0.1, 0.15) is 13.8 Å². The molecule has 2 aromatic rings. The third-order valence-electron chi connectivity index (χ3n) is 3.08. The van der Waals surface area contributed by atoms with E-state index in [-0.39, 0.29) is 0 Å². The van der Waals surface area contributed by atoms with Crippen molar-refractivity contribution in [1.29, 1.82) is 0 Å². The van der Waals surface area contributed by atoms with Crippen molar-refractivity contribution in [2.24, 2.45) is 0 Å². The van der Waals surface area contributed by atoms with E-state index in [1.165, 1.54) is 5.52 Å². The van der Waals surface area contributed by atoms with Gasteiger partial charge in [-0.25, -0.2) is 4.98 Å². The average molecular weight is 201 g/mol. The van der Waals surface area contributed by atoms with Gasteiger partial charge in [0, 0.05) is 19.1 Å². The molecule has 78 valence electrons. The first-order valence-electron chi connectivity index (χ1n) is 5.49. The Labute approximate surface area is 89.3 Å². The lowest BCUT2D eigenvalue weighted by Gasteiger charge is -2.20. The Balaban J connectivity index is 2.21. The Morgan fingerprint density at radius 1 is 1.20 bits per heavy atom. The number of anilines is 1. The van der Waals surface area contributed by atoms with Crippen LogP contribution >= 0.6 is 0 Å². The molecule has 0 atom stereocenters. The molecule has 1 aromatic carbocycles. The molecule has 0 bridgehead atoms. The third kappa shape index (κ3) is 1.16. The number of imidazole rings is 1. The summed E-state index contributed by atoms with van der Waals surface area (Å²) in [7, 11) is 0. The number of rotatable bonds is 1. The lowest BCUT2D eigenvalue weighted by atomic mass is 10.3. The van der Waals surface area contributed by atoms with E-state index >= 15 is 0 Å². The Bertz CT molecular complexity index is 499. The Morgan fingerprint density at radius 3 is 2.80 bits per heavy atom. The number of benzene rings is 1. The second-order valence-electron chi connectivity index (χ2n) is 4.34. The lowest BCUT2D eigenvalue weighted by molar-refractivity contribution is 0.697. The van der Waals surface area contributed by atoms with E-state index in [1.54, 1.807) is 0 Å². The minimum Gasteiger partial charge on any atom is -0.338 e. The first kappa shape index (κ1) is 8.77. The predicted molar refractivity (Wildman–Crippen MR) is 62.2 cm³/mol. The van der Waals surface area contributed by atoms with E-state index in [2.05, 4.69) is 46.5 Å². The summed E-state index contributed by atoms with van der Waals surface area (Å²) < 4.78 is 2.31. The van der Waals surface area contributed by atoms with Crippen LogP contribution in [0.4, 0.5) is 5.95 Å². The van der Waals surface area contributed by atoms with E-state index in [4.69, 9.17) is 0 Å². The standard InChI is InChI=1S/C12H15N3/c1-9(2)14-7-8-15-11-6-4-3-5-10(11)13-12(14)15/h3-6,9H,7-8H2,1-2H3. The largest absolute Gasteiger partial charge is 0.338 e. The van der Waals surface area contributed by atoms with Gasteiger partial charge in [-0.1, -0.05) is 12.1 Å². The van der Waals surface area contributed by atoms with E-state index in [0.717, 1.165) is 24.6 Å². The minimum atomic E-state index is 0.531. The van der Waals surface area contributed by atoms with Gasteiger partial charge in [0.05, 0.1) is 11.0 Å². The summed E-state index contributed by atoms with van der Waals surface area (Å²) in [4.78, 5) is 7.05. The topological polar surface area (TPSA) is 21.1 Å². The summed E-state index contributed by atoms with van der Waals surface area (Å²) >= 11 is 0. The normalized spacial score (nSPS) is 15.3. The molecule has 1 aliphatic rings. The van der Waals surface area contributed by atoms with Crippen LogP contribution in [0, 0.1) is 0 Å². The molecule has 15 heavy (non-hydrogen) atoms. The molecule has 2 heterocycles. The van der Waals surface area contributed by atoms with Crippen molar-refractivity contribution in [3.63, 3.8) is 0 Å². The molecule has 1 aliphatic heterocycles. The lowest BCUT2D eigenvalue weighted by Crippen LogP contribution is -2.28. The monoisotopic (exact) mass is 201 g/mol. The highest BCUT2D eigenvalue weighted by Gasteiger charge is 2.24. The summed E-state index contributed by atoms with van der Waals surface area (Å²) in [6, 6.07) is 8.89. The quantitative estimate of drug-likeness (QED) is 0.705. The van der Waals surface area contributed by atoms with Crippen molar-refractivity contribution >= 4 is 17.0 Å². The van der Waals surface area contributed by atoms with Crippen LogP contribution in [0.2, 0.25) is 0 Å². The van der Waals surface area contributed by atoms with Crippen LogP contribution in [0.15, 0.2) is 24.3 Å². The zero-order valence-electron chi connectivity index (χ0n) is 9.14. The molecule has 0 N–H and O–H groups in total. The second-order valence-corrected chi connectivity index (χ2v) is 4.34. The van der Waals surface area contributed by atoms with E-state index in [9.17, 15) is 0 Å². The second kappa shape index (κ2) is 2.99. The third-order valence-corrected chi connectivity index (χ3v) is 3.08. The Kier molecular flexibility index (Phi) is 1.75. The van der Waals surface area contributed by atoms with E-state index in [1.807, 2.05) is 6.07 Å². The molecule has 0 saturated heterocycles. The molecule has 3 heteroatoms. The van der Waals surface area contributed by atoms with Gasteiger partial charge in [0.1, 0.15) is 0 Å². The van der Waals surface area contributed by atoms with Crippen LogP contribution in [0.3, 0.4) is 0 Å². The molecule has 1 aromatic heterocycles. The fourth-order valence-corrected chi connectivity index (χ4v) is 2.30. The molecule has 0 aliphatic carbocycles. The predicted octanol–water partition coefficient (Wildman–Crippen LogP) is 2.26. The molecule has 0 radical (unpaired) electrons.